The molecule has 42 heavy (non-hydrogen) atoms. The van der Waals surface area contributed by atoms with E-state index >= 15 is 0 Å². The highest BCUT2D eigenvalue weighted by atomic mass is 16.5. The van der Waals surface area contributed by atoms with Crippen molar-refractivity contribution in [1.82, 2.24) is 0 Å². The average molecular weight is 577 g/mol. The first-order valence-corrected chi connectivity index (χ1v) is 15.1. The van der Waals surface area contributed by atoms with Gasteiger partial charge in [-0.3, -0.25) is 0 Å². The molecular formula is C35H51BNO5+. The highest BCUT2D eigenvalue weighted by Gasteiger charge is 2.35. The smallest absolute Gasteiger partial charge is 0.462 e. The minimum Gasteiger partial charge on any atom is -0.462 e. The quantitative estimate of drug-likeness (QED) is 0.0602. The largest absolute Gasteiger partial charge is 0.631 e. The molecule has 228 valence electrons. The van der Waals surface area contributed by atoms with Crippen LogP contribution < -0.4 is 0 Å². The first-order valence-electron chi connectivity index (χ1n) is 15.1. The van der Waals surface area contributed by atoms with Gasteiger partial charge in [0.1, 0.15) is 0 Å². The van der Waals surface area contributed by atoms with Gasteiger partial charge in [-0.15, -0.1) is 0 Å². The van der Waals surface area contributed by atoms with Gasteiger partial charge in [0.25, 0.3) is 0 Å². The van der Waals surface area contributed by atoms with Gasteiger partial charge in [0.15, 0.2) is 0 Å². The number of carbonyl (C=O) groups is 1. The van der Waals surface area contributed by atoms with Crippen molar-refractivity contribution >= 4 is 13.3 Å². The van der Waals surface area contributed by atoms with Gasteiger partial charge in [-0.1, -0.05) is 110 Å². The maximum Gasteiger partial charge on any atom is 0.631 e. The predicted octanol–water partition coefficient (Wildman–Crippen LogP) is 6.14. The maximum absolute atomic E-state index is 12.7. The number of allylic oxidation sites excluding steroid dienone is 1. The summed E-state index contributed by atoms with van der Waals surface area (Å²) in [4.78, 5) is 12.7. The van der Waals surface area contributed by atoms with Crippen molar-refractivity contribution in [1.29, 1.82) is 0 Å². The molecule has 0 fully saturated rings. The van der Waals surface area contributed by atoms with Crippen LogP contribution in [-0.4, -0.2) is 65.6 Å². The van der Waals surface area contributed by atoms with E-state index < -0.39 is 12.7 Å². The van der Waals surface area contributed by atoms with E-state index in [1.54, 1.807) is 0 Å². The molecule has 3 rings (SSSR count). The summed E-state index contributed by atoms with van der Waals surface area (Å²) in [5.41, 5.74) is 3.35. The third kappa shape index (κ3) is 11.2. The van der Waals surface area contributed by atoms with E-state index in [2.05, 4.69) is 77.1 Å². The molecule has 0 aliphatic heterocycles. The van der Waals surface area contributed by atoms with Crippen LogP contribution in [0.4, 0.5) is 0 Å². The molecular weight excluding hydrogens is 525 g/mol. The molecule has 0 aromatic heterocycles. The van der Waals surface area contributed by atoms with Gasteiger partial charge in [0.2, 0.25) is 0 Å². The Morgan fingerprint density at radius 2 is 1.05 bits per heavy atom. The Hall–Kier alpha value is -3.23. The molecule has 3 aromatic carbocycles. The monoisotopic (exact) mass is 576 g/mol. The summed E-state index contributed by atoms with van der Waals surface area (Å²) >= 11 is 0. The van der Waals surface area contributed by atoms with Crippen LogP contribution in [0.25, 0.3) is 0 Å². The third-order valence-electron chi connectivity index (χ3n) is 7.86. The standard InChI is InChI=1S/C27H28O2.C8H20N.BH3O3/c1-3-4-20-29-26(28)22(2)21-27(23-14-8-5-9-15-23,24-16-10-6-11-17-24)25-18-12-7-13-19-25;1-5-9(6-2,7-3)8-4;2-1(3)4/h5-19,21H,3-4,20H2,1-2H3;5-8H2,1-4H3;2-4H/q;+1;. The van der Waals surface area contributed by atoms with Crippen LogP contribution in [0.2, 0.25) is 0 Å². The molecule has 0 bridgehead atoms. The average Bonchev–Trinajstić information content (AvgIpc) is 3.02. The van der Waals surface area contributed by atoms with Crippen LogP contribution >= 0.6 is 0 Å². The summed E-state index contributed by atoms with van der Waals surface area (Å²) in [6.45, 7) is 18.6. The van der Waals surface area contributed by atoms with E-state index in [0.717, 1.165) is 29.5 Å². The van der Waals surface area contributed by atoms with E-state index in [1.165, 1.54) is 30.7 Å². The third-order valence-corrected chi connectivity index (χ3v) is 7.86. The molecule has 7 heteroatoms. The van der Waals surface area contributed by atoms with E-state index in [1.807, 2.05) is 61.5 Å². The maximum atomic E-state index is 12.7. The molecule has 0 aliphatic rings. The fraction of sp³-hybridized carbons (Fsp3) is 0.400. The number of quaternary nitrogens is 1. The Bertz CT molecular complexity index is 1030. The van der Waals surface area contributed by atoms with Crippen molar-refractivity contribution in [3.05, 3.63) is 119 Å². The molecule has 0 unspecified atom stereocenters. The number of ether oxygens (including phenoxy) is 1. The molecule has 0 saturated heterocycles. The topological polar surface area (TPSA) is 87.0 Å². The van der Waals surface area contributed by atoms with Gasteiger partial charge in [0.05, 0.1) is 38.2 Å². The minimum atomic E-state index is -2.17. The minimum absolute atomic E-state index is 0.259. The molecule has 0 saturated carbocycles. The van der Waals surface area contributed by atoms with Gasteiger partial charge < -0.3 is 24.3 Å². The van der Waals surface area contributed by atoms with Gasteiger partial charge >= 0.3 is 13.3 Å². The number of unbranched alkanes of at least 4 members (excludes halogenated alkanes) is 1. The molecule has 3 aromatic rings. The van der Waals surface area contributed by atoms with Gasteiger partial charge in [0, 0.05) is 5.57 Å². The first-order chi connectivity index (χ1) is 20.2. The zero-order valence-electron chi connectivity index (χ0n) is 26.4. The molecule has 0 heterocycles. The van der Waals surface area contributed by atoms with Crippen molar-refractivity contribution in [2.45, 2.75) is 59.8 Å². The Morgan fingerprint density at radius 3 is 1.31 bits per heavy atom. The molecule has 0 radical (unpaired) electrons. The number of carbonyl (C=O) groups excluding carboxylic acids is 1. The molecule has 3 N–H and O–H groups in total. The molecule has 0 amide bonds. The lowest BCUT2D eigenvalue weighted by Crippen LogP contribution is -2.47. The number of hydrogen-bond acceptors (Lipinski definition) is 5. The lowest BCUT2D eigenvalue weighted by atomic mass is 9.68. The van der Waals surface area contributed by atoms with Crippen molar-refractivity contribution in [2.75, 3.05) is 32.8 Å². The summed E-state index contributed by atoms with van der Waals surface area (Å²) in [5.74, 6) is -0.259. The molecule has 0 aliphatic carbocycles. The van der Waals surface area contributed by atoms with Crippen molar-refractivity contribution in [3.63, 3.8) is 0 Å². The molecule has 0 spiro atoms. The van der Waals surface area contributed by atoms with Gasteiger partial charge in [-0.2, -0.15) is 0 Å². The number of hydrogen-bond donors (Lipinski definition) is 3. The number of esters is 1. The lowest BCUT2D eigenvalue weighted by molar-refractivity contribution is -0.921. The number of nitrogens with zero attached hydrogens (tertiary/aromatic N) is 1. The Balaban J connectivity index is 0.000000568. The second kappa shape index (κ2) is 19.8. The van der Waals surface area contributed by atoms with Crippen molar-refractivity contribution in [2.24, 2.45) is 0 Å². The van der Waals surface area contributed by atoms with Crippen LogP contribution in [-0.2, 0) is 14.9 Å². The zero-order chi connectivity index (χ0) is 31.4. The normalized spacial score (nSPS) is 11.4. The summed E-state index contributed by atoms with van der Waals surface area (Å²) < 4.78 is 6.77. The van der Waals surface area contributed by atoms with E-state index in [0.29, 0.717) is 12.2 Å². The van der Waals surface area contributed by atoms with Crippen molar-refractivity contribution < 1.29 is 29.1 Å². The fourth-order valence-electron chi connectivity index (χ4n) is 5.00. The summed E-state index contributed by atoms with van der Waals surface area (Å²) in [7, 11) is -2.17. The van der Waals surface area contributed by atoms with Crippen LogP contribution in [0.5, 0.6) is 0 Å². The molecule has 0 atom stereocenters. The van der Waals surface area contributed by atoms with E-state index in [-0.39, 0.29) is 5.97 Å². The Labute approximate surface area is 254 Å². The van der Waals surface area contributed by atoms with Crippen LogP contribution in [0.3, 0.4) is 0 Å². The van der Waals surface area contributed by atoms with Crippen LogP contribution in [0.15, 0.2) is 103 Å². The Kier molecular flexibility index (Phi) is 17.4. The van der Waals surface area contributed by atoms with Gasteiger partial charge in [-0.05, 0) is 57.7 Å². The van der Waals surface area contributed by atoms with E-state index in [4.69, 9.17) is 19.8 Å². The van der Waals surface area contributed by atoms with Crippen molar-refractivity contribution in [3.8, 4) is 0 Å². The Morgan fingerprint density at radius 1 is 0.714 bits per heavy atom. The second-order valence-electron chi connectivity index (χ2n) is 10.2. The lowest BCUT2D eigenvalue weighted by Gasteiger charge is -2.34. The fourth-order valence-corrected chi connectivity index (χ4v) is 5.00. The van der Waals surface area contributed by atoms with Gasteiger partial charge in [-0.25, -0.2) is 4.79 Å². The number of rotatable bonds is 12. The predicted molar refractivity (Wildman–Crippen MR) is 174 cm³/mol. The summed E-state index contributed by atoms with van der Waals surface area (Å²) in [6.07, 6.45) is 3.93. The first kappa shape index (κ1) is 36.8. The highest BCUT2D eigenvalue weighted by Crippen LogP contribution is 2.41. The molecule has 6 nitrogen and oxygen atoms in total. The highest BCUT2D eigenvalue weighted by molar-refractivity contribution is 6.30. The van der Waals surface area contributed by atoms with Crippen LogP contribution in [0.1, 0.15) is 71.1 Å². The summed E-state index contributed by atoms with van der Waals surface area (Å²) in [5, 5.41) is 21.5. The van der Waals surface area contributed by atoms with Crippen LogP contribution in [0, 0.1) is 0 Å². The second-order valence-corrected chi connectivity index (χ2v) is 10.2. The SMILES string of the molecule is CCCCOC(=O)C(C)=CC(c1ccccc1)(c1ccccc1)c1ccccc1.CC[N+](CC)(CC)CC.OB(O)O. The zero-order valence-corrected chi connectivity index (χ0v) is 26.4. The summed E-state index contributed by atoms with van der Waals surface area (Å²) in [6, 6.07) is 31.0. The van der Waals surface area contributed by atoms with E-state index in [9.17, 15) is 4.79 Å². The number of benzene rings is 3.